The number of amides is 1. The van der Waals surface area contributed by atoms with E-state index in [1.807, 2.05) is 24.3 Å². The quantitative estimate of drug-likeness (QED) is 0.460. The molecule has 2 heterocycles. The smallest absolute Gasteiger partial charge is 0.407 e. The van der Waals surface area contributed by atoms with E-state index in [0.717, 1.165) is 11.1 Å². The Morgan fingerprint density at radius 3 is 2.68 bits per heavy atom. The largest absolute Gasteiger partial charge is 0.480 e. The lowest BCUT2D eigenvalue weighted by atomic mass is 9.99. The fraction of sp³-hybridized carbons (Fsp3) is 0.292. The van der Waals surface area contributed by atoms with Gasteiger partial charge in [-0.1, -0.05) is 36.4 Å². The maximum absolute atomic E-state index is 13.3. The number of hydrogen-bond donors (Lipinski definition) is 3. The molecule has 0 spiro atoms. The van der Waals surface area contributed by atoms with Gasteiger partial charge in [0.2, 0.25) is 0 Å². The standard InChI is InChI=1S/C24H24FN3O6/c25-18-3-1-2-16(8-18)10-27-24(32)34-23-19(28(12-20(23)29)13-22(30)31)9-15-4-6-17(7-5-15)21-11-26-14-33-21/h1-8,11,14,19-20,23,29H,9-10,12-13H2,(H,27,32)(H,30,31)/t19-,20+,23+/m1/s1. The van der Waals surface area contributed by atoms with Crippen LogP contribution in [0.4, 0.5) is 9.18 Å². The third kappa shape index (κ3) is 5.77. The van der Waals surface area contributed by atoms with E-state index in [1.54, 1.807) is 17.2 Å². The minimum Gasteiger partial charge on any atom is -0.480 e. The molecule has 1 aliphatic rings. The van der Waals surface area contributed by atoms with Gasteiger partial charge in [-0.15, -0.1) is 0 Å². The number of nitrogens with zero attached hydrogens (tertiary/aromatic N) is 2. The van der Waals surface area contributed by atoms with E-state index in [4.69, 9.17) is 9.15 Å². The van der Waals surface area contributed by atoms with E-state index in [9.17, 15) is 24.2 Å². The highest BCUT2D eigenvalue weighted by molar-refractivity contribution is 5.69. The van der Waals surface area contributed by atoms with Gasteiger partial charge < -0.3 is 24.7 Å². The van der Waals surface area contributed by atoms with Crippen LogP contribution >= 0.6 is 0 Å². The number of alkyl carbamates (subject to hydrolysis) is 1. The zero-order valence-corrected chi connectivity index (χ0v) is 18.1. The maximum atomic E-state index is 13.3. The Morgan fingerprint density at radius 2 is 2.00 bits per heavy atom. The Kier molecular flexibility index (Phi) is 7.19. The molecule has 1 amide bonds. The molecule has 0 bridgehead atoms. The van der Waals surface area contributed by atoms with Crippen molar-refractivity contribution >= 4 is 12.1 Å². The molecular formula is C24H24FN3O6. The van der Waals surface area contributed by atoms with Gasteiger partial charge in [0.15, 0.2) is 12.2 Å². The van der Waals surface area contributed by atoms with E-state index in [2.05, 4.69) is 10.3 Å². The SMILES string of the molecule is O=C(O)CN1C[C@H](O)[C@@H](OC(=O)NCc2cccc(F)c2)[C@H]1Cc1ccc(-c2cnco2)cc1. The molecule has 1 aromatic heterocycles. The molecule has 3 N–H and O–H groups in total. The number of aromatic nitrogens is 1. The Hall–Kier alpha value is -3.76. The Balaban J connectivity index is 1.44. The normalized spacial score (nSPS) is 20.2. The summed E-state index contributed by atoms with van der Waals surface area (Å²) in [6, 6.07) is 12.7. The molecule has 0 saturated carbocycles. The molecule has 4 rings (SSSR count). The number of aliphatic hydroxyl groups excluding tert-OH is 1. The van der Waals surface area contributed by atoms with Gasteiger partial charge in [-0.2, -0.15) is 0 Å². The molecule has 3 atom stereocenters. The number of likely N-dealkylation sites (tertiary alicyclic amines) is 1. The minimum atomic E-state index is -1.06. The second-order valence-corrected chi connectivity index (χ2v) is 8.08. The number of oxazole rings is 1. The summed E-state index contributed by atoms with van der Waals surface area (Å²) in [5, 5.41) is 22.4. The molecule has 1 aliphatic heterocycles. The third-order valence-electron chi connectivity index (χ3n) is 5.67. The van der Waals surface area contributed by atoms with E-state index in [-0.39, 0.29) is 19.6 Å². The molecular weight excluding hydrogens is 445 g/mol. The summed E-state index contributed by atoms with van der Waals surface area (Å²) in [4.78, 5) is 29.3. The summed E-state index contributed by atoms with van der Waals surface area (Å²) < 4.78 is 24.1. The van der Waals surface area contributed by atoms with Crippen molar-refractivity contribution in [1.29, 1.82) is 0 Å². The lowest BCUT2D eigenvalue weighted by Gasteiger charge is -2.27. The molecule has 1 saturated heterocycles. The van der Waals surface area contributed by atoms with Gasteiger partial charge in [-0.3, -0.25) is 9.69 Å². The highest BCUT2D eigenvalue weighted by Crippen LogP contribution is 2.26. The van der Waals surface area contributed by atoms with Crippen molar-refractivity contribution in [1.82, 2.24) is 15.2 Å². The molecule has 3 aromatic rings. The van der Waals surface area contributed by atoms with Crippen LogP contribution in [0.5, 0.6) is 0 Å². The number of benzene rings is 2. The van der Waals surface area contributed by atoms with E-state index in [0.29, 0.717) is 17.7 Å². The van der Waals surface area contributed by atoms with Crippen LogP contribution in [-0.2, 0) is 22.5 Å². The molecule has 34 heavy (non-hydrogen) atoms. The highest BCUT2D eigenvalue weighted by Gasteiger charge is 2.44. The minimum absolute atomic E-state index is 0.0476. The van der Waals surface area contributed by atoms with Crippen LogP contribution in [0.3, 0.4) is 0 Å². The van der Waals surface area contributed by atoms with Crippen molar-refractivity contribution in [2.75, 3.05) is 13.1 Å². The van der Waals surface area contributed by atoms with Crippen molar-refractivity contribution < 1.29 is 33.3 Å². The number of aliphatic carboxylic acids is 1. The zero-order chi connectivity index (χ0) is 24.1. The predicted molar refractivity (Wildman–Crippen MR) is 118 cm³/mol. The number of carboxylic acid groups (broad SMARTS) is 1. The van der Waals surface area contributed by atoms with Crippen LogP contribution in [0, 0.1) is 5.82 Å². The number of rotatable bonds is 8. The molecule has 0 radical (unpaired) electrons. The Labute approximate surface area is 194 Å². The summed E-state index contributed by atoms with van der Waals surface area (Å²) in [7, 11) is 0. The van der Waals surface area contributed by atoms with Gasteiger partial charge in [-0.05, 0) is 29.7 Å². The van der Waals surface area contributed by atoms with Crippen LogP contribution < -0.4 is 5.32 Å². The van der Waals surface area contributed by atoms with Crippen molar-refractivity contribution in [3.63, 3.8) is 0 Å². The second kappa shape index (κ2) is 10.4. The van der Waals surface area contributed by atoms with E-state index >= 15 is 0 Å². The molecule has 1 fully saturated rings. The number of carbonyl (C=O) groups is 2. The fourth-order valence-corrected chi connectivity index (χ4v) is 4.09. The first-order valence-corrected chi connectivity index (χ1v) is 10.7. The summed E-state index contributed by atoms with van der Waals surface area (Å²) in [6.07, 6.45) is 0.509. The lowest BCUT2D eigenvalue weighted by Crippen LogP contribution is -2.44. The molecule has 10 heteroatoms. The van der Waals surface area contributed by atoms with Gasteiger partial charge >= 0.3 is 12.1 Å². The molecule has 178 valence electrons. The number of ether oxygens (including phenoxy) is 1. The topological polar surface area (TPSA) is 125 Å². The summed E-state index contributed by atoms with van der Waals surface area (Å²) in [6.45, 7) is -0.205. The van der Waals surface area contributed by atoms with Gasteiger partial charge in [0.05, 0.1) is 18.8 Å². The Bertz CT molecular complexity index is 1120. The van der Waals surface area contributed by atoms with Gasteiger partial charge in [-0.25, -0.2) is 14.2 Å². The summed E-state index contributed by atoms with van der Waals surface area (Å²) in [5.74, 6) is -0.849. The molecule has 9 nitrogen and oxygen atoms in total. The number of aliphatic hydroxyl groups is 1. The van der Waals surface area contributed by atoms with Gasteiger partial charge in [0.1, 0.15) is 18.0 Å². The van der Waals surface area contributed by atoms with Crippen LogP contribution in [-0.4, -0.2) is 63.5 Å². The Morgan fingerprint density at radius 1 is 1.21 bits per heavy atom. The third-order valence-corrected chi connectivity index (χ3v) is 5.67. The first kappa shape index (κ1) is 23.4. The lowest BCUT2D eigenvalue weighted by molar-refractivity contribution is -0.138. The van der Waals surface area contributed by atoms with Crippen molar-refractivity contribution in [3.05, 3.63) is 78.1 Å². The number of carbonyl (C=O) groups excluding carboxylic acids is 1. The van der Waals surface area contributed by atoms with Crippen LogP contribution in [0.2, 0.25) is 0 Å². The fourth-order valence-electron chi connectivity index (χ4n) is 4.09. The summed E-state index contributed by atoms with van der Waals surface area (Å²) >= 11 is 0. The zero-order valence-electron chi connectivity index (χ0n) is 18.1. The number of nitrogens with one attached hydrogen (secondary N) is 1. The predicted octanol–water partition coefficient (Wildman–Crippen LogP) is 2.45. The number of β-amino-alcohol motifs (C(OH)–C–C–N with tert-alkyl or cyclic N) is 1. The number of carboxylic acids is 1. The second-order valence-electron chi connectivity index (χ2n) is 8.08. The average molecular weight is 469 g/mol. The van der Waals surface area contributed by atoms with Gasteiger partial charge in [0.25, 0.3) is 0 Å². The first-order valence-electron chi connectivity index (χ1n) is 10.7. The molecule has 0 aliphatic carbocycles. The monoisotopic (exact) mass is 469 g/mol. The first-order chi connectivity index (χ1) is 16.4. The van der Waals surface area contributed by atoms with Crippen molar-refractivity contribution in [2.24, 2.45) is 0 Å². The molecule has 0 unspecified atom stereocenters. The number of hydrogen-bond acceptors (Lipinski definition) is 7. The van der Waals surface area contributed by atoms with Crippen LogP contribution in [0.15, 0.2) is 65.5 Å². The highest BCUT2D eigenvalue weighted by atomic mass is 19.1. The van der Waals surface area contributed by atoms with Crippen LogP contribution in [0.1, 0.15) is 11.1 Å². The molecule has 2 aromatic carbocycles. The number of halogens is 1. The van der Waals surface area contributed by atoms with Gasteiger partial charge in [0, 0.05) is 18.7 Å². The van der Waals surface area contributed by atoms with E-state index < -0.39 is 36.1 Å². The average Bonchev–Trinajstić information content (AvgIpc) is 3.43. The van der Waals surface area contributed by atoms with Crippen molar-refractivity contribution in [3.8, 4) is 11.3 Å². The van der Waals surface area contributed by atoms with E-state index in [1.165, 1.54) is 24.6 Å². The maximum Gasteiger partial charge on any atom is 0.407 e. The summed E-state index contributed by atoms with van der Waals surface area (Å²) in [5.41, 5.74) is 2.26. The van der Waals surface area contributed by atoms with Crippen molar-refractivity contribution in [2.45, 2.75) is 31.2 Å². The van der Waals surface area contributed by atoms with Crippen LogP contribution in [0.25, 0.3) is 11.3 Å².